The lowest BCUT2D eigenvalue weighted by Crippen LogP contribution is -2.62. The number of aliphatic hydroxyl groups is 10. The third-order valence-corrected chi connectivity index (χ3v) is 6.43. The highest BCUT2D eigenvalue weighted by Crippen LogP contribution is 2.30. The Kier molecular flexibility index (Phi) is 10.3. The molecular formula is C20H32O17. The van der Waals surface area contributed by atoms with Crippen LogP contribution < -0.4 is 0 Å². The minimum Gasteiger partial charge on any atom is -0.453 e. The second kappa shape index (κ2) is 12.6. The molecule has 0 unspecified atom stereocenters. The van der Waals surface area contributed by atoms with Crippen molar-refractivity contribution in [2.75, 3.05) is 19.8 Å². The fraction of sp³-hybridized carbons (Fsp3) is 0.900. The number of Topliss-reactive ketones (excluding diaryl/α,β-unsaturated/α-hetero) is 1. The van der Waals surface area contributed by atoms with E-state index in [1.54, 1.807) is 0 Å². The Labute approximate surface area is 208 Å². The molecule has 3 aliphatic rings. The summed E-state index contributed by atoms with van der Waals surface area (Å²) in [5.74, 6) is -2.26. The van der Waals surface area contributed by atoms with Crippen LogP contribution in [0, 0.1) is 0 Å². The van der Waals surface area contributed by atoms with Gasteiger partial charge in [0.15, 0.2) is 12.6 Å². The van der Waals surface area contributed by atoms with Gasteiger partial charge in [0.25, 0.3) is 0 Å². The quantitative estimate of drug-likeness (QED) is 0.0902. The Balaban J connectivity index is 1.82. The van der Waals surface area contributed by atoms with Crippen molar-refractivity contribution in [2.45, 2.75) is 92.2 Å². The Morgan fingerprint density at radius 3 is 1.65 bits per heavy atom. The second-order valence-corrected chi connectivity index (χ2v) is 8.91. The molecule has 17 nitrogen and oxygen atoms in total. The lowest BCUT2D eigenvalue weighted by Gasteiger charge is -2.43. The zero-order chi connectivity index (χ0) is 27.6. The molecule has 0 aromatic rings. The van der Waals surface area contributed by atoms with Crippen LogP contribution in [0.3, 0.4) is 0 Å². The van der Waals surface area contributed by atoms with E-state index in [9.17, 15) is 60.7 Å². The van der Waals surface area contributed by atoms with Crippen LogP contribution in [0.2, 0.25) is 0 Å². The zero-order valence-corrected chi connectivity index (χ0v) is 19.2. The third-order valence-electron chi connectivity index (χ3n) is 6.43. The van der Waals surface area contributed by atoms with Crippen molar-refractivity contribution >= 4 is 11.8 Å². The fourth-order valence-electron chi connectivity index (χ4n) is 4.21. The average molecular weight is 544 g/mol. The van der Waals surface area contributed by atoms with E-state index in [2.05, 4.69) is 0 Å². The molecule has 0 radical (unpaired) electrons. The molecular weight excluding hydrogens is 512 g/mol. The second-order valence-electron chi connectivity index (χ2n) is 8.91. The zero-order valence-electron chi connectivity index (χ0n) is 19.2. The van der Waals surface area contributed by atoms with Gasteiger partial charge in [0, 0.05) is 0 Å². The number of carbonyl (C=O) groups is 2. The molecule has 14 atom stereocenters. The van der Waals surface area contributed by atoms with E-state index in [0.717, 1.165) is 0 Å². The summed E-state index contributed by atoms with van der Waals surface area (Å²) < 4.78 is 26.2. The number of ether oxygens (including phenoxy) is 5. The predicted octanol–water partition coefficient (Wildman–Crippen LogP) is -7.41. The maximum atomic E-state index is 11.8. The lowest BCUT2D eigenvalue weighted by atomic mass is 9.97. The molecule has 0 aromatic carbocycles. The molecule has 0 amide bonds. The Hall–Kier alpha value is -1.42. The Morgan fingerprint density at radius 1 is 0.757 bits per heavy atom. The van der Waals surface area contributed by atoms with Crippen LogP contribution in [0.1, 0.15) is 6.42 Å². The Morgan fingerprint density at radius 2 is 1.24 bits per heavy atom. The van der Waals surface area contributed by atoms with E-state index in [1.165, 1.54) is 0 Å². The first-order chi connectivity index (χ1) is 17.4. The summed E-state index contributed by atoms with van der Waals surface area (Å²) in [5, 5.41) is 99.9. The first-order valence-electron chi connectivity index (χ1n) is 11.4. The van der Waals surface area contributed by atoms with Crippen LogP contribution >= 0.6 is 0 Å². The number of rotatable bonds is 10. The molecule has 214 valence electrons. The number of hydrogen-bond donors (Lipinski definition) is 10. The van der Waals surface area contributed by atoms with E-state index in [-0.39, 0.29) is 0 Å². The molecule has 3 heterocycles. The van der Waals surface area contributed by atoms with Gasteiger partial charge in [-0.05, 0) is 0 Å². The molecule has 3 saturated heterocycles. The molecule has 0 spiro atoms. The first kappa shape index (κ1) is 30.1. The topological polar surface area (TPSA) is 283 Å². The van der Waals surface area contributed by atoms with Gasteiger partial charge in [-0.3, -0.25) is 4.79 Å². The van der Waals surface area contributed by atoms with E-state index < -0.39 is 124 Å². The minimum absolute atomic E-state index is 0.615. The molecule has 3 rings (SSSR count). The monoisotopic (exact) mass is 544 g/mol. The van der Waals surface area contributed by atoms with Crippen molar-refractivity contribution < 1.29 is 84.3 Å². The summed E-state index contributed by atoms with van der Waals surface area (Å²) in [4.78, 5) is 23.5. The van der Waals surface area contributed by atoms with Gasteiger partial charge in [0.1, 0.15) is 73.2 Å². The van der Waals surface area contributed by atoms with E-state index in [4.69, 9.17) is 23.7 Å². The number of ketones is 1. The molecule has 0 aromatic heterocycles. The summed E-state index contributed by atoms with van der Waals surface area (Å²) in [6.07, 6.45) is -25.2. The average Bonchev–Trinajstić information content (AvgIpc) is 3.22. The Bertz CT molecular complexity index is 762. The van der Waals surface area contributed by atoms with E-state index in [0.29, 0.717) is 0 Å². The van der Waals surface area contributed by atoms with Crippen LogP contribution in [0.5, 0.6) is 0 Å². The van der Waals surface area contributed by atoms with Gasteiger partial charge in [0.05, 0.1) is 26.2 Å². The van der Waals surface area contributed by atoms with E-state index >= 15 is 0 Å². The standard InChI is InChI=1S/C20H32O17/c21-2-7-10(25)13(28)15(30)19(34-7)36-9(4-23)12(27)17(6-1-5(24)18(32)33-6)37-20-16(31)14(29)11(26)8(3-22)35-20/h6-17,19-23,25-31H,1-4H2/t6-,7-,8-,9-,10+,11-,12-,13+,14+,15-,16+,17-,19-,20-/m1/s1. The predicted molar refractivity (Wildman–Crippen MR) is 110 cm³/mol. The number of cyclic esters (lactones) is 1. The molecule has 3 aliphatic heterocycles. The highest BCUT2D eigenvalue weighted by Gasteiger charge is 2.51. The summed E-state index contributed by atoms with van der Waals surface area (Å²) in [6.45, 7) is -2.62. The largest absolute Gasteiger partial charge is 0.453 e. The van der Waals surface area contributed by atoms with Gasteiger partial charge in [-0.2, -0.15) is 0 Å². The molecule has 0 bridgehead atoms. The molecule has 0 saturated carbocycles. The van der Waals surface area contributed by atoms with Gasteiger partial charge in [-0.1, -0.05) is 0 Å². The summed E-state index contributed by atoms with van der Waals surface area (Å²) in [5.41, 5.74) is 0. The molecule has 37 heavy (non-hydrogen) atoms. The molecule has 3 fully saturated rings. The highest BCUT2D eigenvalue weighted by molar-refractivity contribution is 6.35. The maximum Gasteiger partial charge on any atom is 0.375 e. The van der Waals surface area contributed by atoms with Gasteiger partial charge in [-0.15, -0.1) is 0 Å². The van der Waals surface area contributed by atoms with Crippen LogP contribution in [0.15, 0.2) is 0 Å². The van der Waals surface area contributed by atoms with Crippen LogP contribution in [-0.4, -0.2) is 168 Å². The lowest BCUT2D eigenvalue weighted by molar-refractivity contribution is -0.340. The summed E-state index contributed by atoms with van der Waals surface area (Å²) in [6, 6.07) is 0. The van der Waals surface area contributed by atoms with E-state index in [1.807, 2.05) is 0 Å². The van der Waals surface area contributed by atoms with Gasteiger partial charge < -0.3 is 74.7 Å². The van der Waals surface area contributed by atoms with Crippen molar-refractivity contribution in [1.82, 2.24) is 0 Å². The normalized spacial score (nSPS) is 43.4. The molecule has 17 heteroatoms. The van der Waals surface area contributed by atoms with Crippen molar-refractivity contribution in [3.8, 4) is 0 Å². The first-order valence-corrected chi connectivity index (χ1v) is 11.4. The maximum absolute atomic E-state index is 11.8. The minimum atomic E-state index is -2.03. The van der Waals surface area contributed by atoms with Gasteiger partial charge >= 0.3 is 5.97 Å². The van der Waals surface area contributed by atoms with Crippen LogP contribution in [-0.2, 0) is 33.3 Å². The van der Waals surface area contributed by atoms with Crippen LogP contribution in [0.4, 0.5) is 0 Å². The van der Waals surface area contributed by atoms with Crippen molar-refractivity contribution in [3.05, 3.63) is 0 Å². The van der Waals surface area contributed by atoms with Gasteiger partial charge in [0.2, 0.25) is 5.78 Å². The number of esters is 1. The summed E-state index contributed by atoms with van der Waals surface area (Å²) in [7, 11) is 0. The molecule has 0 aliphatic carbocycles. The fourth-order valence-corrected chi connectivity index (χ4v) is 4.21. The van der Waals surface area contributed by atoms with Crippen molar-refractivity contribution in [1.29, 1.82) is 0 Å². The van der Waals surface area contributed by atoms with Gasteiger partial charge in [-0.25, -0.2) is 4.79 Å². The van der Waals surface area contributed by atoms with Crippen LogP contribution in [0.25, 0.3) is 0 Å². The number of aliphatic hydroxyl groups excluding tert-OH is 10. The van der Waals surface area contributed by atoms with Crippen molar-refractivity contribution in [2.24, 2.45) is 0 Å². The number of hydrogen-bond acceptors (Lipinski definition) is 17. The van der Waals surface area contributed by atoms with Crippen molar-refractivity contribution in [3.63, 3.8) is 0 Å². The number of carbonyl (C=O) groups excluding carboxylic acids is 2. The molecule has 10 N–H and O–H groups in total. The third kappa shape index (κ3) is 6.26. The highest BCUT2D eigenvalue weighted by atomic mass is 16.7. The SMILES string of the molecule is O=C1C[C@H]([C@@H](O[C@H]2O[C@H](CO)[C@@H](O)[C@H](O)[C@@H]2O)[C@H](O)[C@@H](CO)O[C@H]2O[C@H](CO)[C@H](O)[C@H](O)[C@H]2O)OC1=O. The smallest absolute Gasteiger partial charge is 0.375 e. The summed E-state index contributed by atoms with van der Waals surface area (Å²) >= 11 is 0.